The molecule has 0 radical (unpaired) electrons. The molecule has 0 bridgehead atoms. The Morgan fingerprint density at radius 3 is 2.93 bits per heavy atom. The van der Waals surface area contributed by atoms with E-state index in [0.29, 0.717) is 5.95 Å². The van der Waals surface area contributed by atoms with Crippen LogP contribution in [0.1, 0.15) is 50.5 Å². The molecule has 2 amide bonds. The lowest BCUT2D eigenvalue weighted by Gasteiger charge is -2.36. The fourth-order valence-corrected chi connectivity index (χ4v) is 4.22. The predicted molar refractivity (Wildman–Crippen MR) is 111 cm³/mol. The first kappa shape index (κ1) is 20.1. The van der Waals surface area contributed by atoms with Crippen molar-refractivity contribution >= 4 is 29.3 Å². The van der Waals surface area contributed by atoms with Crippen LogP contribution in [-0.2, 0) is 9.59 Å². The Kier molecular flexibility index (Phi) is 5.52. The molecule has 1 fully saturated rings. The van der Waals surface area contributed by atoms with Crippen molar-refractivity contribution in [2.45, 2.75) is 51.0 Å². The minimum Gasteiger partial charge on any atom is -0.339 e. The summed E-state index contributed by atoms with van der Waals surface area (Å²) in [5, 5.41) is 5.22. The van der Waals surface area contributed by atoms with E-state index in [-0.39, 0.29) is 29.5 Å². The van der Waals surface area contributed by atoms with Crippen molar-refractivity contribution in [3.05, 3.63) is 46.0 Å². The quantitative estimate of drug-likeness (QED) is 0.715. The first-order chi connectivity index (χ1) is 14.5. The highest BCUT2D eigenvalue weighted by atomic mass is 19.1. The van der Waals surface area contributed by atoms with Crippen LogP contribution in [0.4, 0.5) is 21.8 Å². The zero-order valence-corrected chi connectivity index (χ0v) is 16.7. The molecule has 158 valence electrons. The molecule has 1 aromatic carbocycles. The van der Waals surface area contributed by atoms with Gasteiger partial charge in [0.2, 0.25) is 17.8 Å². The molecule has 2 aromatic rings. The number of carbonyl (C=O) groups excluding carboxylic acids is 2. The number of halogens is 1. The summed E-state index contributed by atoms with van der Waals surface area (Å²) in [5.41, 5.74) is -0.0697. The molecule has 0 saturated carbocycles. The average molecular weight is 413 g/mol. The van der Waals surface area contributed by atoms with Crippen LogP contribution in [0.2, 0.25) is 0 Å². The molecule has 2 aliphatic heterocycles. The topological polar surface area (TPSA) is 107 Å². The molecule has 2 unspecified atom stereocenters. The molecule has 2 atom stereocenters. The lowest BCUT2D eigenvalue weighted by atomic mass is 9.92. The molecule has 0 aliphatic carbocycles. The molecule has 30 heavy (non-hydrogen) atoms. The summed E-state index contributed by atoms with van der Waals surface area (Å²) in [7, 11) is 0. The van der Waals surface area contributed by atoms with Crippen LogP contribution in [0.25, 0.3) is 0 Å². The largest absolute Gasteiger partial charge is 0.339 e. The summed E-state index contributed by atoms with van der Waals surface area (Å²) in [5.74, 6) is -1.92. The molecule has 3 N–H and O–H groups in total. The molecular weight excluding hydrogens is 389 g/mol. The Morgan fingerprint density at radius 2 is 2.17 bits per heavy atom. The molecule has 9 heteroatoms. The van der Waals surface area contributed by atoms with Crippen molar-refractivity contribution in [1.82, 2.24) is 9.97 Å². The normalized spacial score (nSPS) is 21.0. The molecule has 8 nitrogen and oxygen atoms in total. The van der Waals surface area contributed by atoms with E-state index in [1.165, 1.54) is 24.3 Å². The van der Waals surface area contributed by atoms with Crippen LogP contribution < -0.4 is 21.1 Å². The minimum absolute atomic E-state index is 0.116. The van der Waals surface area contributed by atoms with Crippen molar-refractivity contribution in [3.63, 3.8) is 0 Å². The summed E-state index contributed by atoms with van der Waals surface area (Å²) >= 11 is 0. The van der Waals surface area contributed by atoms with E-state index in [1.807, 2.05) is 0 Å². The standard InChI is InChI=1S/C21H24FN5O3/c1-2-14-8-3-4-9-27(14)21-25-18-17(20(30)26-21)15(11-16(28)24-18)19(29)23-13-7-5-6-12(22)10-13/h5-7,10,14-15H,2-4,8-9,11H2,1H3,(H,23,29)(H2,24,25,26,28,30). The number of aromatic amines is 1. The van der Waals surface area contributed by atoms with Gasteiger partial charge in [0.1, 0.15) is 11.6 Å². The number of hydrogen-bond donors (Lipinski definition) is 3. The van der Waals surface area contributed by atoms with E-state index in [0.717, 1.165) is 32.2 Å². The number of hydrogen-bond acceptors (Lipinski definition) is 5. The second-order valence-corrected chi connectivity index (χ2v) is 7.71. The van der Waals surface area contributed by atoms with Crippen molar-refractivity contribution in [1.29, 1.82) is 0 Å². The zero-order chi connectivity index (χ0) is 21.3. The number of H-pyrrole nitrogens is 1. The minimum atomic E-state index is -1.01. The van der Waals surface area contributed by atoms with E-state index in [1.54, 1.807) is 0 Å². The molecule has 1 aromatic heterocycles. The van der Waals surface area contributed by atoms with Gasteiger partial charge in [-0.1, -0.05) is 13.0 Å². The maximum Gasteiger partial charge on any atom is 0.258 e. The first-order valence-corrected chi connectivity index (χ1v) is 10.2. The van der Waals surface area contributed by atoms with Gasteiger partial charge in [0.25, 0.3) is 5.56 Å². The average Bonchev–Trinajstić information content (AvgIpc) is 2.72. The molecule has 4 rings (SSSR count). The summed E-state index contributed by atoms with van der Waals surface area (Å²) < 4.78 is 13.4. The number of benzene rings is 1. The van der Waals surface area contributed by atoms with Gasteiger partial charge in [-0.3, -0.25) is 19.4 Å². The lowest BCUT2D eigenvalue weighted by molar-refractivity contribution is -0.123. The number of nitrogens with zero attached hydrogens (tertiary/aromatic N) is 2. The highest BCUT2D eigenvalue weighted by Gasteiger charge is 2.35. The Balaban J connectivity index is 1.66. The molecule has 2 aliphatic rings. The third-order valence-corrected chi connectivity index (χ3v) is 5.72. The zero-order valence-electron chi connectivity index (χ0n) is 16.7. The Hall–Kier alpha value is -3.23. The van der Waals surface area contributed by atoms with Crippen LogP contribution in [0.3, 0.4) is 0 Å². The van der Waals surface area contributed by atoms with Gasteiger partial charge in [-0.15, -0.1) is 0 Å². The van der Waals surface area contributed by atoms with Gasteiger partial charge in [0, 0.05) is 24.7 Å². The molecule has 0 spiro atoms. The number of nitrogens with one attached hydrogen (secondary N) is 3. The van der Waals surface area contributed by atoms with Gasteiger partial charge in [0.05, 0.1) is 11.5 Å². The van der Waals surface area contributed by atoms with E-state index >= 15 is 0 Å². The molecule has 3 heterocycles. The number of carbonyl (C=O) groups is 2. The number of aromatic nitrogens is 2. The summed E-state index contributed by atoms with van der Waals surface area (Å²) in [6.07, 6.45) is 3.89. The van der Waals surface area contributed by atoms with Crippen LogP contribution in [0.5, 0.6) is 0 Å². The van der Waals surface area contributed by atoms with E-state index in [2.05, 4.69) is 32.4 Å². The summed E-state index contributed by atoms with van der Waals surface area (Å²) in [6.45, 7) is 2.87. The van der Waals surface area contributed by atoms with Crippen molar-refractivity contribution in [2.75, 3.05) is 22.1 Å². The van der Waals surface area contributed by atoms with Crippen LogP contribution in [-0.4, -0.2) is 34.4 Å². The van der Waals surface area contributed by atoms with Crippen LogP contribution in [0, 0.1) is 5.82 Å². The van der Waals surface area contributed by atoms with Gasteiger partial charge in [0.15, 0.2) is 0 Å². The van der Waals surface area contributed by atoms with Crippen LogP contribution >= 0.6 is 0 Å². The smallest absolute Gasteiger partial charge is 0.258 e. The van der Waals surface area contributed by atoms with Crippen LogP contribution in [0.15, 0.2) is 29.1 Å². The maximum absolute atomic E-state index is 13.4. The highest BCUT2D eigenvalue weighted by molar-refractivity contribution is 6.04. The van der Waals surface area contributed by atoms with Crippen molar-refractivity contribution in [2.24, 2.45) is 0 Å². The first-order valence-electron chi connectivity index (χ1n) is 10.2. The number of fused-ring (bicyclic) bond motifs is 1. The SMILES string of the molecule is CCC1CCCCN1c1nc2c(c(=O)[nH]1)C(C(=O)Nc1cccc(F)c1)CC(=O)N2. The van der Waals surface area contributed by atoms with Gasteiger partial charge in [-0.05, 0) is 43.9 Å². The van der Waals surface area contributed by atoms with Gasteiger partial charge >= 0.3 is 0 Å². The predicted octanol–water partition coefficient (Wildman–Crippen LogP) is 2.74. The Labute approximate surface area is 172 Å². The fraction of sp³-hybridized carbons (Fsp3) is 0.429. The Morgan fingerprint density at radius 1 is 1.33 bits per heavy atom. The van der Waals surface area contributed by atoms with Gasteiger partial charge in [-0.2, -0.15) is 4.98 Å². The second kappa shape index (κ2) is 8.25. The van der Waals surface area contributed by atoms with E-state index < -0.39 is 29.1 Å². The number of amides is 2. The van der Waals surface area contributed by atoms with Crippen molar-refractivity contribution < 1.29 is 14.0 Å². The number of rotatable bonds is 4. The van der Waals surface area contributed by atoms with Crippen molar-refractivity contribution in [3.8, 4) is 0 Å². The Bertz CT molecular complexity index is 1040. The fourth-order valence-electron chi connectivity index (χ4n) is 4.22. The highest BCUT2D eigenvalue weighted by Crippen LogP contribution is 2.31. The van der Waals surface area contributed by atoms with E-state index in [9.17, 15) is 18.8 Å². The third kappa shape index (κ3) is 3.92. The number of anilines is 3. The molecular formula is C21H24FN5O3. The van der Waals surface area contributed by atoms with Gasteiger partial charge < -0.3 is 15.5 Å². The molecule has 1 saturated heterocycles. The summed E-state index contributed by atoms with van der Waals surface area (Å²) in [4.78, 5) is 47.4. The number of piperidine rings is 1. The lowest BCUT2D eigenvalue weighted by Crippen LogP contribution is -2.43. The second-order valence-electron chi connectivity index (χ2n) is 7.71. The van der Waals surface area contributed by atoms with Gasteiger partial charge in [-0.25, -0.2) is 4.39 Å². The third-order valence-electron chi connectivity index (χ3n) is 5.72. The summed E-state index contributed by atoms with van der Waals surface area (Å²) in [6, 6.07) is 5.72. The maximum atomic E-state index is 13.4. The van der Waals surface area contributed by atoms with E-state index in [4.69, 9.17) is 0 Å². The monoisotopic (exact) mass is 413 g/mol.